The minimum absolute atomic E-state index is 0.00140. The van der Waals surface area contributed by atoms with Gasteiger partial charge in [0.05, 0.1) is 45.3 Å². The molecule has 0 saturated carbocycles. The van der Waals surface area contributed by atoms with Crippen LogP contribution in [0, 0.1) is 0 Å². The summed E-state index contributed by atoms with van der Waals surface area (Å²) in [5.41, 5.74) is 5.68. The monoisotopic (exact) mass is 585 g/mol. The maximum Gasteiger partial charge on any atom is 0.165 e. The van der Waals surface area contributed by atoms with Crippen molar-refractivity contribution in [3.8, 4) is 68.1 Å². The van der Waals surface area contributed by atoms with Crippen molar-refractivity contribution in [1.82, 2.24) is 4.98 Å². The number of methoxy groups -OCH3 is 3. The molecule has 0 aromatic heterocycles. The maximum absolute atomic E-state index is 6.11. The minimum Gasteiger partial charge on any atom is -0.493 e. The maximum atomic E-state index is 6.11. The van der Waals surface area contributed by atoms with E-state index in [9.17, 15) is 0 Å². The summed E-state index contributed by atoms with van der Waals surface area (Å²) in [5.74, 6) is 3.79. The second kappa shape index (κ2) is 12.3. The Kier molecular flexibility index (Phi) is 8.57. The standard InChI is InChI=1S/C35H39NO7/c1-19(2)41-26-12-10-22(14-29(26)37-7)33-34-24-16-31(39-9)32(43-21(5)6)17-28(24)40-18-25(34)36-35(33)23-11-13-27(42-20(3)4)30(15-23)38-8/h10-21H,1-9H3. The highest BCUT2D eigenvalue weighted by Crippen LogP contribution is 2.49. The van der Waals surface area contributed by atoms with Crippen molar-refractivity contribution < 1.29 is 32.8 Å². The van der Waals surface area contributed by atoms with Gasteiger partial charge in [-0.25, -0.2) is 4.98 Å². The SMILES string of the molecule is COc1cc(-c2nc3coc4cc(OC(C)C)c(OC)cc4c-3c2-c2ccc(OC(C)C)c(OC)c2)ccc1OC(C)C. The molecule has 0 unspecified atom stereocenters. The van der Waals surface area contributed by atoms with Gasteiger partial charge in [0.2, 0.25) is 0 Å². The molecule has 2 heterocycles. The second-order valence-corrected chi connectivity index (χ2v) is 11.1. The van der Waals surface area contributed by atoms with E-state index in [0.29, 0.717) is 45.8 Å². The first-order valence-corrected chi connectivity index (χ1v) is 14.4. The number of nitrogens with zero attached hydrogens (tertiary/aromatic N) is 1. The van der Waals surface area contributed by atoms with Gasteiger partial charge < -0.3 is 32.8 Å². The average Bonchev–Trinajstić information content (AvgIpc) is 3.36. The fourth-order valence-corrected chi connectivity index (χ4v) is 5.13. The quantitative estimate of drug-likeness (QED) is 0.152. The molecule has 8 heteroatoms. The van der Waals surface area contributed by atoms with Crippen molar-refractivity contribution in [2.75, 3.05) is 21.3 Å². The minimum atomic E-state index is -0.0329. The van der Waals surface area contributed by atoms with E-state index in [4.69, 9.17) is 37.8 Å². The Bertz CT molecular complexity index is 1700. The molecule has 8 nitrogen and oxygen atoms in total. The predicted molar refractivity (Wildman–Crippen MR) is 168 cm³/mol. The van der Waals surface area contributed by atoms with Gasteiger partial charge in [0.25, 0.3) is 0 Å². The summed E-state index contributed by atoms with van der Waals surface area (Å²) in [6, 6.07) is 15.6. The molecule has 0 amide bonds. The molecule has 0 aliphatic carbocycles. The molecule has 43 heavy (non-hydrogen) atoms. The van der Waals surface area contributed by atoms with Gasteiger partial charge in [-0.1, -0.05) is 6.07 Å². The number of aromatic nitrogens is 1. The fourth-order valence-electron chi connectivity index (χ4n) is 5.13. The summed E-state index contributed by atoms with van der Waals surface area (Å²) >= 11 is 0. The van der Waals surface area contributed by atoms with E-state index in [1.165, 1.54) is 0 Å². The number of hydrogen-bond donors (Lipinski definition) is 0. The van der Waals surface area contributed by atoms with Crippen LogP contribution < -0.4 is 28.4 Å². The van der Waals surface area contributed by atoms with Crippen LogP contribution in [0.15, 0.2) is 59.2 Å². The summed E-state index contributed by atoms with van der Waals surface area (Å²) in [6.07, 6.45) is 1.64. The van der Waals surface area contributed by atoms with Crippen molar-refractivity contribution >= 4 is 11.0 Å². The van der Waals surface area contributed by atoms with Crippen LogP contribution >= 0.6 is 0 Å². The highest BCUT2D eigenvalue weighted by atomic mass is 16.5. The van der Waals surface area contributed by atoms with Crippen molar-refractivity contribution in [3.63, 3.8) is 0 Å². The molecule has 3 aromatic carbocycles. The first-order valence-electron chi connectivity index (χ1n) is 14.4. The Balaban J connectivity index is 1.82. The number of benzene rings is 3. The Morgan fingerprint density at radius 2 is 1.07 bits per heavy atom. The summed E-state index contributed by atoms with van der Waals surface area (Å²) < 4.78 is 41.4. The first-order chi connectivity index (χ1) is 20.6. The van der Waals surface area contributed by atoms with Gasteiger partial charge in [0, 0.05) is 28.1 Å². The predicted octanol–water partition coefficient (Wildman–Crippen LogP) is 8.65. The van der Waals surface area contributed by atoms with Gasteiger partial charge in [-0.05, 0) is 83.5 Å². The molecule has 0 N–H and O–H groups in total. The summed E-state index contributed by atoms with van der Waals surface area (Å²) in [5, 5.41) is 0.840. The van der Waals surface area contributed by atoms with Crippen LogP contribution in [-0.4, -0.2) is 44.6 Å². The molecule has 226 valence electrons. The van der Waals surface area contributed by atoms with Gasteiger partial charge >= 0.3 is 0 Å². The van der Waals surface area contributed by atoms with Crippen LogP contribution in [-0.2, 0) is 0 Å². The van der Waals surface area contributed by atoms with E-state index < -0.39 is 0 Å². The van der Waals surface area contributed by atoms with E-state index in [1.807, 2.05) is 90.1 Å². The number of ether oxygens (including phenoxy) is 6. The molecule has 0 bridgehead atoms. The smallest absolute Gasteiger partial charge is 0.165 e. The molecule has 0 radical (unpaired) electrons. The van der Waals surface area contributed by atoms with E-state index in [-0.39, 0.29) is 18.3 Å². The molecule has 0 saturated heterocycles. The number of hydrogen-bond acceptors (Lipinski definition) is 8. The van der Waals surface area contributed by atoms with Gasteiger partial charge in [0.15, 0.2) is 34.5 Å². The molecule has 0 fully saturated rings. The Labute approximate surface area is 252 Å². The summed E-state index contributed by atoms with van der Waals surface area (Å²) in [4.78, 5) is 5.09. The van der Waals surface area contributed by atoms with Crippen LogP contribution in [0.2, 0.25) is 0 Å². The lowest BCUT2D eigenvalue weighted by atomic mass is 9.93. The highest BCUT2D eigenvalue weighted by molar-refractivity contribution is 6.07. The molecule has 2 aliphatic heterocycles. The third-order valence-corrected chi connectivity index (χ3v) is 6.79. The first kappa shape index (κ1) is 29.9. The van der Waals surface area contributed by atoms with E-state index in [0.717, 1.165) is 33.3 Å². The van der Waals surface area contributed by atoms with Crippen molar-refractivity contribution in [3.05, 3.63) is 54.8 Å². The zero-order chi connectivity index (χ0) is 30.8. The van der Waals surface area contributed by atoms with Crippen molar-refractivity contribution in [2.45, 2.75) is 59.9 Å². The zero-order valence-electron chi connectivity index (χ0n) is 26.2. The zero-order valence-corrected chi connectivity index (χ0v) is 26.2. The molecule has 5 rings (SSSR count). The lowest BCUT2D eigenvalue weighted by Crippen LogP contribution is -2.07. The van der Waals surface area contributed by atoms with Gasteiger partial charge in [-0.2, -0.15) is 0 Å². The third-order valence-electron chi connectivity index (χ3n) is 6.79. The van der Waals surface area contributed by atoms with Crippen LogP contribution in [0.5, 0.6) is 34.5 Å². The highest BCUT2D eigenvalue weighted by Gasteiger charge is 2.27. The van der Waals surface area contributed by atoms with E-state index in [1.54, 1.807) is 27.6 Å². The van der Waals surface area contributed by atoms with Gasteiger partial charge in [-0.3, -0.25) is 0 Å². The number of fused-ring (bicyclic) bond motifs is 3. The normalized spacial score (nSPS) is 11.5. The number of rotatable bonds is 11. The van der Waals surface area contributed by atoms with Crippen molar-refractivity contribution in [2.24, 2.45) is 0 Å². The molecule has 0 atom stereocenters. The van der Waals surface area contributed by atoms with Gasteiger partial charge in [-0.15, -0.1) is 0 Å². The van der Waals surface area contributed by atoms with Crippen LogP contribution in [0.4, 0.5) is 0 Å². The molecule has 0 spiro atoms. The molecular formula is C35H39NO7. The average molecular weight is 586 g/mol. The molecular weight excluding hydrogens is 546 g/mol. The Morgan fingerprint density at radius 3 is 1.63 bits per heavy atom. The lowest BCUT2D eigenvalue weighted by molar-refractivity contribution is 0.230. The summed E-state index contributed by atoms with van der Waals surface area (Å²) in [6.45, 7) is 11.9. The topological polar surface area (TPSA) is 81.4 Å². The Morgan fingerprint density at radius 1 is 0.558 bits per heavy atom. The molecule has 2 aliphatic rings. The van der Waals surface area contributed by atoms with Crippen molar-refractivity contribution in [1.29, 1.82) is 0 Å². The summed E-state index contributed by atoms with van der Waals surface area (Å²) in [7, 11) is 4.91. The van der Waals surface area contributed by atoms with Crippen LogP contribution in [0.3, 0.4) is 0 Å². The Hall–Kier alpha value is -4.59. The van der Waals surface area contributed by atoms with E-state index in [2.05, 4.69) is 0 Å². The third kappa shape index (κ3) is 6.00. The van der Waals surface area contributed by atoms with E-state index >= 15 is 0 Å². The molecule has 3 aromatic rings. The van der Waals surface area contributed by atoms with Crippen LogP contribution in [0.25, 0.3) is 44.6 Å². The fraction of sp³-hybridized carbons (Fsp3) is 0.343. The lowest BCUT2D eigenvalue weighted by Gasteiger charge is -2.17. The van der Waals surface area contributed by atoms with Gasteiger partial charge in [0.1, 0.15) is 17.5 Å². The van der Waals surface area contributed by atoms with Crippen LogP contribution in [0.1, 0.15) is 41.5 Å². The second-order valence-electron chi connectivity index (χ2n) is 11.1. The largest absolute Gasteiger partial charge is 0.493 e.